The largest absolute Gasteiger partial charge is 0.481 e. The molecule has 0 bridgehead atoms. The van der Waals surface area contributed by atoms with E-state index in [0.29, 0.717) is 5.02 Å². The van der Waals surface area contributed by atoms with Crippen molar-refractivity contribution in [3.05, 3.63) is 29.3 Å². The van der Waals surface area contributed by atoms with Crippen molar-refractivity contribution in [2.24, 2.45) is 0 Å². The average Bonchev–Trinajstić information content (AvgIpc) is 2.27. The Kier molecular flexibility index (Phi) is 4.87. The number of rotatable bonds is 6. The minimum Gasteiger partial charge on any atom is -0.481 e. The summed E-state index contributed by atoms with van der Waals surface area (Å²) in [7, 11) is -4.12. The molecule has 0 fully saturated rings. The third-order valence-corrected chi connectivity index (χ3v) is 3.84. The molecule has 0 aliphatic heterocycles. The summed E-state index contributed by atoms with van der Waals surface area (Å²) in [5, 5.41) is 17.6. The second-order valence-electron chi connectivity index (χ2n) is 3.56. The second-order valence-corrected chi connectivity index (χ2v) is 5.71. The van der Waals surface area contributed by atoms with Gasteiger partial charge in [-0.05, 0) is 24.3 Å². The Bertz CT molecular complexity index is 583. The van der Waals surface area contributed by atoms with Crippen molar-refractivity contribution in [2.75, 3.05) is 0 Å². The number of carboxylic acids is 2. The number of hydrogen-bond donors (Lipinski definition) is 3. The van der Waals surface area contributed by atoms with Crippen LogP contribution in [0.5, 0.6) is 0 Å². The molecule has 0 aromatic heterocycles. The lowest BCUT2D eigenvalue weighted by atomic mass is 10.2. The Hall–Kier alpha value is -1.64. The fourth-order valence-corrected chi connectivity index (χ4v) is 2.54. The predicted octanol–water partition coefficient (Wildman–Crippen LogP) is 0.546. The maximum absolute atomic E-state index is 11.8. The molecule has 0 heterocycles. The number of benzene rings is 1. The van der Waals surface area contributed by atoms with Gasteiger partial charge in [-0.3, -0.25) is 9.59 Å². The van der Waals surface area contributed by atoms with Gasteiger partial charge in [-0.1, -0.05) is 11.6 Å². The molecule has 0 radical (unpaired) electrons. The monoisotopic (exact) mass is 307 g/mol. The lowest BCUT2D eigenvalue weighted by Crippen LogP contribution is -2.42. The first-order valence-electron chi connectivity index (χ1n) is 4.95. The summed E-state index contributed by atoms with van der Waals surface area (Å²) in [5.74, 6) is -2.99. The summed E-state index contributed by atoms with van der Waals surface area (Å²) >= 11 is 5.60. The van der Waals surface area contributed by atoms with Crippen LogP contribution in [0.4, 0.5) is 0 Å². The lowest BCUT2D eigenvalue weighted by Gasteiger charge is -2.12. The van der Waals surface area contributed by atoms with Gasteiger partial charge in [-0.15, -0.1) is 0 Å². The zero-order chi connectivity index (χ0) is 14.6. The van der Waals surface area contributed by atoms with Gasteiger partial charge in [-0.25, -0.2) is 8.42 Å². The SMILES string of the molecule is O=C(O)C[C@H](NS(=O)(=O)c1ccc(Cl)cc1)C(=O)O. The fourth-order valence-electron chi connectivity index (χ4n) is 1.22. The Morgan fingerprint density at radius 1 is 1.21 bits per heavy atom. The molecule has 0 aliphatic rings. The predicted molar refractivity (Wildman–Crippen MR) is 65.5 cm³/mol. The van der Waals surface area contributed by atoms with E-state index in [9.17, 15) is 18.0 Å². The van der Waals surface area contributed by atoms with Crippen LogP contribution in [-0.4, -0.2) is 36.6 Å². The second kappa shape index (κ2) is 6.00. The van der Waals surface area contributed by atoms with Gasteiger partial charge in [0.1, 0.15) is 6.04 Å². The topological polar surface area (TPSA) is 121 Å². The van der Waals surface area contributed by atoms with Gasteiger partial charge in [0.05, 0.1) is 11.3 Å². The van der Waals surface area contributed by atoms with Crippen LogP contribution < -0.4 is 4.72 Å². The zero-order valence-electron chi connectivity index (χ0n) is 9.41. The smallest absolute Gasteiger partial charge is 0.322 e. The van der Waals surface area contributed by atoms with Crippen molar-refractivity contribution in [1.82, 2.24) is 4.72 Å². The number of halogens is 1. The molecular formula is C10H10ClNO6S. The summed E-state index contributed by atoms with van der Waals surface area (Å²) in [6.07, 6.45) is -0.859. The third kappa shape index (κ3) is 4.51. The molecule has 0 aliphatic carbocycles. The van der Waals surface area contributed by atoms with Gasteiger partial charge < -0.3 is 10.2 Å². The summed E-state index contributed by atoms with van der Waals surface area (Å²) in [6.45, 7) is 0. The van der Waals surface area contributed by atoms with E-state index in [4.69, 9.17) is 21.8 Å². The molecule has 1 aromatic carbocycles. The van der Waals surface area contributed by atoms with Gasteiger partial charge in [0.15, 0.2) is 0 Å². The molecule has 19 heavy (non-hydrogen) atoms. The summed E-state index contributed by atoms with van der Waals surface area (Å²) in [5.41, 5.74) is 0. The highest BCUT2D eigenvalue weighted by atomic mass is 35.5. The van der Waals surface area contributed by atoms with Crippen molar-refractivity contribution >= 4 is 33.6 Å². The molecular weight excluding hydrogens is 298 g/mol. The molecule has 1 aromatic rings. The van der Waals surface area contributed by atoms with E-state index in [2.05, 4.69) is 0 Å². The third-order valence-electron chi connectivity index (χ3n) is 2.10. The van der Waals surface area contributed by atoms with E-state index < -0.39 is 34.4 Å². The Labute approximate surface area is 113 Å². The van der Waals surface area contributed by atoms with Crippen LogP contribution in [0.2, 0.25) is 5.02 Å². The lowest BCUT2D eigenvalue weighted by molar-refractivity contribution is -0.145. The fraction of sp³-hybridized carbons (Fsp3) is 0.200. The minimum absolute atomic E-state index is 0.200. The molecule has 9 heteroatoms. The van der Waals surface area contributed by atoms with E-state index in [1.807, 2.05) is 4.72 Å². The first-order valence-corrected chi connectivity index (χ1v) is 6.81. The standard InChI is InChI=1S/C10H10ClNO6S/c11-6-1-3-7(4-2-6)19(17,18)12-8(10(15)16)5-9(13)14/h1-4,8,12H,5H2,(H,13,14)(H,15,16)/t8-/m0/s1. The van der Waals surface area contributed by atoms with E-state index in [1.54, 1.807) is 0 Å². The summed E-state index contributed by atoms with van der Waals surface area (Å²) in [4.78, 5) is 21.1. The number of hydrogen-bond acceptors (Lipinski definition) is 4. The summed E-state index contributed by atoms with van der Waals surface area (Å²) < 4.78 is 25.5. The van der Waals surface area contributed by atoms with Crippen LogP contribution in [0.15, 0.2) is 29.2 Å². The van der Waals surface area contributed by atoms with Crippen LogP contribution in [0.25, 0.3) is 0 Å². The molecule has 0 amide bonds. The molecule has 0 saturated heterocycles. The Morgan fingerprint density at radius 2 is 1.74 bits per heavy atom. The maximum Gasteiger partial charge on any atom is 0.322 e. The first kappa shape index (κ1) is 15.4. The molecule has 0 spiro atoms. The van der Waals surface area contributed by atoms with Crippen molar-refractivity contribution in [2.45, 2.75) is 17.4 Å². The van der Waals surface area contributed by atoms with Crippen LogP contribution in [0.3, 0.4) is 0 Å². The zero-order valence-corrected chi connectivity index (χ0v) is 11.0. The molecule has 1 rings (SSSR count). The Balaban J connectivity index is 2.97. The van der Waals surface area contributed by atoms with Gasteiger partial charge in [0, 0.05) is 5.02 Å². The molecule has 1 atom stereocenters. The summed E-state index contributed by atoms with van der Waals surface area (Å²) in [6, 6.07) is 3.28. The van der Waals surface area contributed by atoms with Crippen molar-refractivity contribution in [3.8, 4) is 0 Å². The first-order chi connectivity index (χ1) is 8.72. The molecule has 0 saturated carbocycles. The van der Waals surface area contributed by atoms with Crippen LogP contribution in [-0.2, 0) is 19.6 Å². The minimum atomic E-state index is -4.12. The van der Waals surface area contributed by atoms with Gasteiger partial charge in [-0.2, -0.15) is 4.72 Å². The number of carboxylic acid groups (broad SMARTS) is 2. The normalized spacial score (nSPS) is 12.9. The van der Waals surface area contributed by atoms with Crippen LogP contribution in [0, 0.1) is 0 Å². The molecule has 0 unspecified atom stereocenters. The molecule has 104 valence electrons. The van der Waals surface area contributed by atoms with Gasteiger partial charge in [0.25, 0.3) is 0 Å². The maximum atomic E-state index is 11.8. The highest BCUT2D eigenvalue weighted by Gasteiger charge is 2.27. The van der Waals surface area contributed by atoms with E-state index in [-0.39, 0.29) is 4.90 Å². The van der Waals surface area contributed by atoms with E-state index in [0.717, 1.165) is 0 Å². The number of aliphatic carboxylic acids is 2. The highest BCUT2D eigenvalue weighted by molar-refractivity contribution is 7.89. The van der Waals surface area contributed by atoms with Crippen LogP contribution >= 0.6 is 11.6 Å². The molecule has 7 nitrogen and oxygen atoms in total. The van der Waals surface area contributed by atoms with Crippen molar-refractivity contribution in [3.63, 3.8) is 0 Å². The number of sulfonamides is 1. The quantitative estimate of drug-likeness (QED) is 0.705. The van der Waals surface area contributed by atoms with Crippen LogP contribution in [0.1, 0.15) is 6.42 Å². The van der Waals surface area contributed by atoms with E-state index >= 15 is 0 Å². The van der Waals surface area contributed by atoms with Crippen molar-refractivity contribution < 1.29 is 28.2 Å². The van der Waals surface area contributed by atoms with Crippen molar-refractivity contribution in [1.29, 1.82) is 0 Å². The van der Waals surface area contributed by atoms with Gasteiger partial charge in [0.2, 0.25) is 10.0 Å². The van der Waals surface area contributed by atoms with Gasteiger partial charge >= 0.3 is 11.9 Å². The molecule has 3 N–H and O–H groups in total. The highest BCUT2D eigenvalue weighted by Crippen LogP contribution is 2.14. The average molecular weight is 308 g/mol. The number of carbonyl (C=O) groups is 2. The van der Waals surface area contributed by atoms with E-state index in [1.165, 1.54) is 24.3 Å². The number of nitrogens with one attached hydrogen (secondary N) is 1. The Morgan fingerprint density at radius 3 is 2.16 bits per heavy atom.